The first-order chi connectivity index (χ1) is 12.9. The molecule has 0 radical (unpaired) electrons. The van der Waals surface area contributed by atoms with Crippen molar-refractivity contribution >= 4 is 0 Å². The van der Waals surface area contributed by atoms with E-state index in [0.717, 1.165) is 5.56 Å². The maximum absolute atomic E-state index is 11.2. The molecule has 0 amide bonds. The molecule has 7 nitrogen and oxygen atoms in total. The zero-order chi connectivity index (χ0) is 19.6. The molecule has 1 heterocycles. The van der Waals surface area contributed by atoms with Crippen molar-refractivity contribution in [1.82, 2.24) is 0 Å². The fourth-order valence-electron chi connectivity index (χ4n) is 3.54. The molecule has 2 aromatic rings. The molecular weight excluding hydrogens is 352 g/mol. The maximum Gasteiger partial charge on any atom is 0.160 e. The standard InChI is InChI=1S/C20H24O7/c1-25-17-8-12(3-5-15(17)22)7-14-10-27-19(20(14,24)11-21)13-4-6-16(23)18(9-13)26-2/h3-6,8-9,14,19,21-24H,7,10-11H2,1-2H3/t14-,19-,20+/m1/s1. The van der Waals surface area contributed by atoms with Crippen molar-refractivity contribution < 1.29 is 34.6 Å². The van der Waals surface area contributed by atoms with Crippen LogP contribution in [-0.4, -0.2) is 53.5 Å². The fourth-order valence-corrected chi connectivity index (χ4v) is 3.54. The number of phenolic OH excluding ortho intramolecular Hbond substituents is 2. The van der Waals surface area contributed by atoms with E-state index in [-0.39, 0.29) is 29.8 Å². The third-order valence-electron chi connectivity index (χ3n) is 5.11. The normalized spacial score (nSPS) is 24.7. The Kier molecular flexibility index (Phi) is 5.46. The number of aliphatic hydroxyl groups excluding tert-OH is 1. The van der Waals surface area contributed by atoms with Crippen LogP contribution < -0.4 is 9.47 Å². The van der Waals surface area contributed by atoms with E-state index in [0.29, 0.717) is 17.7 Å². The Morgan fingerprint density at radius 3 is 2.30 bits per heavy atom. The van der Waals surface area contributed by atoms with E-state index in [9.17, 15) is 20.4 Å². The molecule has 0 saturated carbocycles. The number of hydrogen-bond acceptors (Lipinski definition) is 7. The number of aromatic hydroxyl groups is 2. The highest BCUT2D eigenvalue weighted by Gasteiger charge is 2.50. The van der Waals surface area contributed by atoms with Gasteiger partial charge in [0.2, 0.25) is 0 Å². The summed E-state index contributed by atoms with van der Waals surface area (Å²) in [5.74, 6) is 0.262. The minimum atomic E-state index is -1.51. The van der Waals surface area contributed by atoms with Crippen molar-refractivity contribution in [3.63, 3.8) is 0 Å². The van der Waals surface area contributed by atoms with Gasteiger partial charge in [-0.05, 0) is 41.8 Å². The van der Waals surface area contributed by atoms with Gasteiger partial charge < -0.3 is 34.6 Å². The Bertz CT molecular complexity index is 807. The molecule has 27 heavy (non-hydrogen) atoms. The smallest absolute Gasteiger partial charge is 0.160 e. The predicted molar refractivity (Wildman–Crippen MR) is 97.2 cm³/mol. The van der Waals surface area contributed by atoms with Crippen LogP contribution in [0.15, 0.2) is 36.4 Å². The quantitative estimate of drug-likeness (QED) is 0.608. The lowest BCUT2D eigenvalue weighted by molar-refractivity contribution is -0.0882. The number of methoxy groups -OCH3 is 2. The summed E-state index contributed by atoms with van der Waals surface area (Å²) in [4.78, 5) is 0. The zero-order valence-corrected chi connectivity index (χ0v) is 15.3. The summed E-state index contributed by atoms with van der Waals surface area (Å²) < 4.78 is 16.1. The van der Waals surface area contributed by atoms with Gasteiger partial charge in [-0.1, -0.05) is 12.1 Å². The van der Waals surface area contributed by atoms with Gasteiger partial charge >= 0.3 is 0 Å². The Balaban J connectivity index is 1.87. The molecule has 0 spiro atoms. The average molecular weight is 376 g/mol. The molecule has 3 rings (SSSR count). The number of phenols is 2. The highest BCUT2D eigenvalue weighted by molar-refractivity contribution is 5.44. The van der Waals surface area contributed by atoms with E-state index in [1.165, 1.54) is 26.4 Å². The van der Waals surface area contributed by atoms with Crippen LogP contribution in [0.5, 0.6) is 23.0 Å². The second kappa shape index (κ2) is 7.64. The van der Waals surface area contributed by atoms with Gasteiger partial charge in [-0.3, -0.25) is 0 Å². The first kappa shape index (κ1) is 19.3. The first-order valence-corrected chi connectivity index (χ1v) is 8.60. The summed E-state index contributed by atoms with van der Waals surface area (Å²) in [5, 5.41) is 40.7. The number of benzene rings is 2. The topological polar surface area (TPSA) is 109 Å². The summed E-state index contributed by atoms with van der Waals surface area (Å²) in [5.41, 5.74) is -0.0614. The molecule has 1 saturated heterocycles. The molecule has 1 aliphatic rings. The number of rotatable bonds is 6. The minimum absolute atomic E-state index is 0.0143. The van der Waals surface area contributed by atoms with Crippen molar-refractivity contribution in [2.75, 3.05) is 27.4 Å². The van der Waals surface area contributed by atoms with Crippen LogP contribution in [-0.2, 0) is 11.2 Å². The van der Waals surface area contributed by atoms with Crippen molar-refractivity contribution in [1.29, 1.82) is 0 Å². The van der Waals surface area contributed by atoms with E-state index in [1.54, 1.807) is 24.3 Å². The second-order valence-corrected chi connectivity index (χ2v) is 6.70. The third kappa shape index (κ3) is 3.53. The van der Waals surface area contributed by atoms with Gasteiger partial charge in [0.25, 0.3) is 0 Å². The van der Waals surface area contributed by atoms with Crippen LogP contribution in [0, 0.1) is 5.92 Å². The molecule has 146 valence electrons. The first-order valence-electron chi connectivity index (χ1n) is 8.60. The maximum atomic E-state index is 11.2. The van der Waals surface area contributed by atoms with E-state index in [4.69, 9.17) is 14.2 Å². The van der Waals surface area contributed by atoms with Gasteiger partial charge in [0, 0.05) is 5.92 Å². The van der Waals surface area contributed by atoms with Crippen LogP contribution in [0.4, 0.5) is 0 Å². The largest absolute Gasteiger partial charge is 0.504 e. The third-order valence-corrected chi connectivity index (χ3v) is 5.11. The Hall–Kier alpha value is -2.48. The van der Waals surface area contributed by atoms with Gasteiger partial charge in [0.05, 0.1) is 27.4 Å². The summed E-state index contributed by atoms with van der Waals surface area (Å²) in [6.07, 6.45) is -0.333. The number of aliphatic hydroxyl groups is 2. The second-order valence-electron chi connectivity index (χ2n) is 6.70. The SMILES string of the molecule is COc1cc(C[C@@H]2CO[C@H](c3ccc(O)c(OC)c3)[C@]2(O)CO)ccc1O. The predicted octanol–water partition coefficient (Wildman–Crippen LogP) is 1.77. The van der Waals surface area contributed by atoms with Crippen LogP contribution in [0.2, 0.25) is 0 Å². The molecule has 4 N–H and O–H groups in total. The number of hydrogen-bond donors (Lipinski definition) is 4. The molecule has 2 aromatic carbocycles. The van der Waals surface area contributed by atoms with E-state index in [1.807, 2.05) is 0 Å². The number of ether oxygens (including phenoxy) is 3. The summed E-state index contributed by atoms with van der Waals surface area (Å²) >= 11 is 0. The minimum Gasteiger partial charge on any atom is -0.504 e. The van der Waals surface area contributed by atoms with Gasteiger partial charge in [-0.25, -0.2) is 0 Å². The molecule has 7 heteroatoms. The highest BCUT2D eigenvalue weighted by Crippen LogP contribution is 2.45. The lowest BCUT2D eigenvalue weighted by Gasteiger charge is -2.32. The van der Waals surface area contributed by atoms with E-state index < -0.39 is 18.3 Å². The molecule has 1 aliphatic heterocycles. The lowest BCUT2D eigenvalue weighted by atomic mass is 9.80. The molecule has 0 unspecified atom stereocenters. The van der Waals surface area contributed by atoms with Gasteiger partial charge in [-0.15, -0.1) is 0 Å². The molecule has 0 aromatic heterocycles. The van der Waals surface area contributed by atoms with Crippen molar-refractivity contribution in [2.24, 2.45) is 5.92 Å². The molecule has 0 bridgehead atoms. The monoisotopic (exact) mass is 376 g/mol. The van der Waals surface area contributed by atoms with Crippen LogP contribution >= 0.6 is 0 Å². The van der Waals surface area contributed by atoms with Gasteiger partial charge in [-0.2, -0.15) is 0 Å². The average Bonchev–Trinajstić information content (AvgIpc) is 3.00. The zero-order valence-electron chi connectivity index (χ0n) is 15.3. The van der Waals surface area contributed by atoms with Gasteiger partial charge in [0.1, 0.15) is 11.7 Å². The van der Waals surface area contributed by atoms with Crippen LogP contribution in [0.1, 0.15) is 17.2 Å². The van der Waals surface area contributed by atoms with Crippen molar-refractivity contribution in [3.8, 4) is 23.0 Å². The van der Waals surface area contributed by atoms with Crippen molar-refractivity contribution in [2.45, 2.75) is 18.1 Å². The molecule has 1 fully saturated rings. The van der Waals surface area contributed by atoms with Crippen LogP contribution in [0.25, 0.3) is 0 Å². The van der Waals surface area contributed by atoms with Crippen LogP contribution in [0.3, 0.4) is 0 Å². The molecule has 3 atom stereocenters. The molecule has 0 aliphatic carbocycles. The Morgan fingerprint density at radius 1 is 1.04 bits per heavy atom. The summed E-state index contributed by atoms with van der Waals surface area (Å²) in [7, 11) is 2.91. The fraction of sp³-hybridized carbons (Fsp3) is 0.400. The van der Waals surface area contributed by atoms with E-state index >= 15 is 0 Å². The molecular formula is C20H24O7. The summed E-state index contributed by atoms with van der Waals surface area (Å²) in [6, 6.07) is 9.66. The van der Waals surface area contributed by atoms with Gasteiger partial charge in [0.15, 0.2) is 23.0 Å². The van der Waals surface area contributed by atoms with E-state index in [2.05, 4.69) is 0 Å². The Labute approximate surface area is 157 Å². The van der Waals surface area contributed by atoms with Crippen molar-refractivity contribution in [3.05, 3.63) is 47.5 Å². The highest BCUT2D eigenvalue weighted by atomic mass is 16.5. The Morgan fingerprint density at radius 2 is 1.67 bits per heavy atom. The lowest BCUT2D eigenvalue weighted by Crippen LogP contribution is -2.43. The summed E-state index contributed by atoms with van der Waals surface area (Å²) in [6.45, 7) is -0.241.